The van der Waals surface area contributed by atoms with Gasteiger partial charge in [0.05, 0.1) is 20.3 Å². The average Bonchev–Trinajstić information content (AvgIpc) is 3.16. The summed E-state index contributed by atoms with van der Waals surface area (Å²) in [7, 11) is -2.05. The van der Waals surface area contributed by atoms with Crippen LogP contribution in [0, 0.1) is 3.57 Å². The van der Waals surface area contributed by atoms with Gasteiger partial charge in [0.15, 0.2) is 5.82 Å². The molecule has 0 bridgehead atoms. The molecule has 0 radical (unpaired) electrons. The summed E-state index contributed by atoms with van der Waals surface area (Å²) in [5, 5.41) is 12.0. The quantitative estimate of drug-likeness (QED) is 0.228. The molecule has 0 aliphatic rings. The van der Waals surface area contributed by atoms with Gasteiger partial charge in [0.25, 0.3) is 5.91 Å². The molecule has 178 valence electrons. The van der Waals surface area contributed by atoms with E-state index >= 15 is 0 Å². The molecule has 1 amide bonds. The van der Waals surface area contributed by atoms with Crippen molar-refractivity contribution in [2.75, 3.05) is 24.1 Å². The molecule has 2 heterocycles. The molecule has 8 nitrogen and oxygen atoms in total. The number of carbonyl (C=O) groups is 1. The summed E-state index contributed by atoms with van der Waals surface area (Å²) in [6.45, 7) is 2.18. The SMILES string of the molecule is CCc1ccc(-c2oc3nc(NS(=O)(=O)CCCCCCO)c(I)cc3c2C(=O)NC)cc1. The number of benzene rings is 1. The molecule has 0 aliphatic carbocycles. The monoisotopic (exact) mass is 585 g/mol. The number of hydrogen-bond acceptors (Lipinski definition) is 6. The Morgan fingerprint density at radius 1 is 1.15 bits per heavy atom. The number of pyridine rings is 1. The van der Waals surface area contributed by atoms with E-state index in [1.54, 1.807) is 13.1 Å². The predicted molar refractivity (Wildman–Crippen MR) is 138 cm³/mol. The summed E-state index contributed by atoms with van der Waals surface area (Å²) >= 11 is 2.00. The number of sulfonamides is 1. The molecule has 0 aliphatic heterocycles. The van der Waals surface area contributed by atoms with Gasteiger partial charge in [-0.2, -0.15) is 4.98 Å². The van der Waals surface area contributed by atoms with Crippen molar-refractivity contribution in [3.05, 3.63) is 45.0 Å². The third-order valence-electron chi connectivity index (χ3n) is 5.29. The summed E-state index contributed by atoms with van der Waals surface area (Å²) in [6, 6.07) is 9.46. The predicted octanol–water partition coefficient (Wildman–Crippen LogP) is 4.32. The second kappa shape index (κ2) is 11.3. The van der Waals surface area contributed by atoms with Crippen molar-refractivity contribution in [3.63, 3.8) is 0 Å². The van der Waals surface area contributed by atoms with Gasteiger partial charge in [0.1, 0.15) is 5.76 Å². The van der Waals surface area contributed by atoms with Gasteiger partial charge in [0, 0.05) is 19.2 Å². The van der Waals surface area contributed by atoms with E-state index in [0.29, 0.717) is 33.1 Å². The summed E-state index contributed by atoms with van der Waals surface area (Å²) in [5.41, 5.74) is 2.45. The molecular weight excluding hydrogens is 557 g/mol. The zero-order chi connectivity index (χ0) is 24.0. The largest absolute Gasteiger partial charge is 0.437 e. The fraction of sp³-hybridized carbons (Fsp3) is 0.391. The van der Waals surface area contributed by atoms with E-state index in [9.17, 15) is 13.2 Å². The number of halogens is 1. The van der Waals surface area contributed by atoms with E-state index in [1.165, 1.54) is 0 Å². The third-order valence-corrected chi connectivity index (χ3v) is 7.44. The number of aryl methyl sites for hydroxylation is 1. The van der Waals surface area contributed by atoms with Crippen LogP contribution in [0.2, 0.25) is 0 Å². The highest BCUT2D eigenvalue weighted by molar-refractivity contribution is 14.1. The number of rotatable bonds is 11. The number of aromatic nitrogens is 1. The van der Waals surface area contributed by atoms with Crippen LogP contribution in [0.1, 0.15) is 48.5 Å². The van der Waals surface area contributed by atoms with Crippen molar-refractivity contribution in [2.24, 2.45) is 0 Å². The van der Waals surface area contributed by atoms with Crippen molar-refractivity contribution in [1.29, 1.82) is 0 Å². The lowest BCUT2D eigenvalue weighted by molar-refractivity contribution is 0.0964. The Morgan fingerprint density at radius 2 is 1.85 bits per heavy atom. The molecule has 10 heteroatoms. The molecule has 3 aromatic rings. The zero-order valence-electron chi connectivity index (χ0n) is 18.7. The van der Waals surface area contributed by atoms with Crippen molar-refractivity contribution >= 4 is 55.4 Å². The minimum Gasteiger partial charge on any atom is -0.437 e. The van der Waals surface area contributed by atoms with Crippen LogP contribution in [0.25, 0.3) is 22.4 Å². The van der Waals surface area contributed by atoms with Gasteiger partial charge in [-0.3, -0.25) is 9.52 Å². The first kappa shape index (κ1) is 25.4. The summed E-state index contributed by atoms with van der Waals surface area (Å²) in [5.74, 6) is 0.213. The van der Waals surface area contributed by atoms with Crippen LogP contribution in [0.5, 0.6) is 0 Å². The molecule has 3 N–H and O–H groups in total. The molecule has 0 saturated heterocycles. The van der Waals surface area contributed by atoms with Gasteiger partial charge in [-0.05, 0) is 53.5 Å². The normalized spacial score (nSPS) is 11.6. The zero-order valence-corrected chi connectivity index (χ0v) is 21.6. The third kappa shape index (κ3) is 6.24. The molecule has 0 spiro atoms. The standard InChI is InChI=1S/C23H28IN3O5S/c1-3-15-8-10-16(11-9-15)20-19(22(29)25-2)17-14-18(24)21(26-23(17)32-20)27-33(30,31)13-7-5-4-6-12-28/h8-11,14,28H,3-7,12-13H2,1-2H3,(H,25,29)(H,26,27). The number of nitrogens with one attached hydrogen (secondary N) is 2. The number of anilines is 1. The van der Waals surface area contributed by atoms with Gasteiger partial charge in [-0.1, -0.05) is 44.0 Å². The van der Waals surface area contributed by atoms with Gasteiger partial charge in [-0.25, -0.2) is 8.42 Å². The van der Waals surface area contributed by atoms with E-state index in [-0.39, 0.29) is 29.8 Å². The van der Waals surface area contributed by atoms with Crippen LogP contribution in [0.4, 0.5) is 5.82 Å². The Labute approximate surface area is 207 Å². The average molecular weight is 585 g/mol. The Kier molecular flexibility index (Phi) is 8.71. The molecule has 2 aromatic heterocycles. The van der Waals surface area contributed by atoms with Crippen molar-refractivity contribution in [1.82, 2.24) is 10.3 Å². The highest BCUT2D eigenvalue weighted by Crippen LogP contribution is 2.35. The number of hydrogen-bond donors (Lipinski definition) is 3. The van der Waals surface area contributed by atoms with E-state index in [1.807, 2.05) is 46.9 Å². The number of fused-ring (bicyclic) bond motifs is 1. The summed E-state index contributed by atoms with van der Waals surface area (Å²) < 4.78 is 34.1. The topological polar surface area (TPSA) is 122 Å². The number of aliphatic hydroxyl groups excluding tert-OH is 1. The van der Waals surface area contributed by atoms with Gasteiger partial charge in [0.2, 0.25) is 15.7 Å². The van der Waals surface area contributed by atoms with Crippen LogP contribution in [0.3, 0.4) is 0 Å². The molecule has 0 unspecified atom stereocenters. The first-order valence-electron chi connectivity index (χ1n) is 10.9. The van der Waals surface area contributed by atoms with Crippen LogP contribution >= 0.6 is 22.6 Å². The van der Waals surface area contributed by atoms with Crippen LogP contribution in [0.15, 0.2) is 34.7 Å². The number of unbranched alkanes of at least 4 members (excludes halogenated alkanes) is 3. The number of nitrogens with zero attached hydrogens (tertiary/aromatic N) is 1. The van der Waals surface area contributed by atoms with Crippen molar-refractivity contribution in [2.45, 2.75) is 39.0 Å². The lowest BCUT2D eigenvalue weighted by Crippen LogP contribution is -2.19. The molecule has 3 rings (SSSR count). The minimum absolute atomic E-state index is 0.0368. The van der Waals surface area contributed by atoms with Crippen LogP contribution in [-0.4, -0.2) is 43.8 Å². The Hall–Kier alpha value is -2.18. The Morgan fingerprint density at radius 3 is 2.48 bits per heavy atom. The van der Waals surface area contributed by atoms with E-state index < -0.39 is 10.0 Å². The maximum Gasteiger partial charge on any atom is 0.255 e. The highest BCUT2D eigenvalue weighted by Gasteiger charge is 2.24. The lowest BCUT2D eigenvalue weighted by atomic mass is 10.0. The smallest absolute Gasteiger partial charge is 0.255 e. The number of amides is 1. The first-order chi connectivity index (χ1) is 15.8. The molecule has 33 heavy (non-hydrogen) atoms. The first-order valence-corrected chi connectivity index (χ1v) is 13.6. The number of carbonyl (C=O) groups excluding carboxylic acids is 1. The van der Waals surface area contributed by atoms with E-state index in [0.717, 1.165) is 30.4 Å². The van der Waals surface area contributed by atoms with Gasteiger partial charge >= 0.3 is 0 Å². The molecule has 0 atom stereocenters. The van der Waals surface area contributed by atoms with Gasteiger partial charge < -0.3 is 14.8 Å². The fourth-order valence-electron chi connectivity index (χ4n) is 3.47. The van der Waals surface area contributed by atoms with E-state index in [2.05, 4.69) is 21.9 Å². The Bertz CT molecular complexity index is 1220. The molecular formula is C23H28IN3O5S. The van der Waals surface area contributed by atoms with Gasteiger partial charge in [-0.15, -0.1) is 0 Å². The molecule has 1 aromatic carbocycles. The lowest BCUT2D eigenvalue weighted by Gasteiger charge is -2.09. The summed E-state index contributed by atoms with van der Waals surface area (Å²) in [6.07, 6.45) is 3.56. The Balaban J connectivity index is 1.95. The van der Waals surface area contributed by atoms with E-state index in [4.69, 9.17) is 9.52 Å². The molecule has 0 fully saturated rings. The summed E-state index contributed by atoms with van der Waals surface area (Å²) in [4.78, 5) is 17.1. The van der Waals surface area contributed by atoms with Crippen LogP contribution in [-0.2, 0) is 16.4 Å². The highest BCUT2D eigenvalue weighted by atomic mass is 127. The van der Waals surface area contributed by atoms with Crippen LogP contribution < -0.4 is 10.0 Å². The molecule has 0 saturated carbocycles. The maximum atomic E-state index is 12.7. The number of aliphatic hydroxyl groups is 1. The number of furan rings is 1. The van der Waals surface area contributed by atoms with Crippen molar-refractivity contribution < 1.29 is 22.7 Å². The minimum atomic E-state index is -3.60. The second-order valence-corrected chi connectivity index (χ2v) is 10.7. The second-order valence-electron chi connectivity index (χ2n) is 7.67. The van der Waals surface area contributed by atoms with Crippen molar-refractivity contribution in [3.8, 4) is 11.3 Å². The maximum absolute atomic E-state index is 12.7. The fourth-order valence-corrected chi connectivity index (χ4v) is 5.36.